The van der Waals surface area contributed by atoms with Crippen LogP contribution in [0, 0.1) is 10.1 Å². The summed E-state index contributed by atoms with van der Waals surface area (Å²) >= 11 is 1.31. The van der Waals surface area contributed by atoms with Crippen LogP contribution in [0.4, 0.5) is 5.88 Å². The van der Waals surface area contributed by atoms with E-state index in [0.29, 0.717) is 22.5 Å². The summed E-state index contributed by atoms with van der Waals surface area (Å²) in [5, 5.41) is 21.5. The first-order valence-electron chi connectivity index (χ1n) is 7.84. The molecule has 3 aromatic heterocycles. The van der Waals surface area contributed by atoms with E-state index >= 15 is 0 Å². The SMILES string of the molecule is O=[N+]([O-])c1ccc(/C=C/Sc2nnc(-c3ccco3)n2-c2ccccc2)o1. The lowest BCUT2D eigenvalue weighted by Gasteiger charge is -2.07. The van der Waals surface area contributed by atoms with Crippen LogP contribution >= 0.6 is 11.8 Å². The van der Waals surface area contributed by atoms with Crippen LogP contribution in [0.15, 0.2) is 80.3 Å². The zero-order valence-corrected chi connectivity index (χ0v) is 14.6. The predicted molar refractivity (Wildman–Crippen MR) is 99.3 cm³/mol. The Balaban J connectivity index is 1.64. The van der Waals surface area contributed by atoms with E-state index in [-0.39, 0.29) is 5.88 Å². The number of nitrogens with zero attached hydrogens (tertiary/aromatic N) is 4. The van der Waals surface area contributed by atoms with Crippen LogP contribution in [0.25, 0.3) is 23.3 Å². The van der Waals surface area contributed by atoms with Crippen molar-refractivity contribution in [2.45, 2.75) is 5.16 Å². The maximum atomic E-state index is 10.7. The Morgan fingerprint density at radius 3 is 2.63 bits per heavy atom. The lowest BCUT2D eigenvalue weighted by Crippen LogP contribution is -1.98. The van der Waals surface area contributed by atoms with Crippen molar-refractivity contribution in [2.24, 2.45) is 0 Å². The molecule has 0 fully saturated rings. The molecule has 4 rings (SSSR count). The lowest BCUT2D eigenvalue weighted by atomic mass is 10.3. The number of benzene rings is 1. The van der Waals surface area contributed by atoms with Gasteiger partial charge < -0.3 is 8.83 Å². The van der Waals surface area contributed by atoms with Gasteiger partial charge in [0.2, 0.25) is 5.82 Å². The molecule has 0 aliphatic carbocycles. The van der Waals surface area contributed by atoms with Crippen molar-refractivity contribution in [2.75, 3.05) is 0 Å². The summed E-state index contributed by atoms with van der Waals surface area (Å²) in [6.45, 7) is 0. The Bertz CT molecular complexity index is 1080. The topological polar surface area (TPSA) is 100 Å². The standard InChI is InChI=1S/C18H12N4O4S/c23-22(24)16-9-8-14(26-16)10-12-27-18-20-19-17(15-7-4-11-25-15)21(18)13-5-2-1-3-6-13/h1-12H/b12-10+. The first-order chi connectivity index (χ1) is 13.2. The molecule has 27 heavy (non-hydrogen) atoms. The zero-order chi connectivity index (χ0) is 18.6. The number of hydrogen-bond donors (Lipinski definition) is 0. The average molecular weight is 380 g/mol. The highest BCUT2D eigenvalue weighted by atomic mass is 32.2. The second-order valence-corrected chi connectivity index (χ2v) is 6.18. The molecule has 9 heteroatoms. The van der Waals surface area contributed by atoms with E-state index < -0.39 is 4.92 Å². The van der Waals surface area contributed by atoms with Gasteiger partial charge in [0.1, 0.15) is 10.7 Å². The highest BCUT2D eigenvalue weighted by molar-refractivity contribution is 8.02. The molecule has 0 amide bonds. The summed E-state index contributed by atoms with van der Waals surface area (Å²) in [5.74, 6) is 1.26. The second kappa shape index (κ2) is 7.34. The molecule has 0 atom stereocenters. The van der Waals surface area contributed by atoms with Gasteiger partial charge in [0, 0.05) is 5.69 Å². The molecule has 0 saturated heterocycles. The number of thioether (sulfide) groups is 1. The second-order valence-electron chi connectivity index (χ2n) is 5.31. The maximum absolute atomic E-state index is 10.7. The molecule has 134 valence electrons. The van der Waals surface area contributed by atoms with E-state index in [2.05, 4.69) is 10.2 Å². The molecule has 0 aliphatic rings. The molecule has 0 bridgehead atoms. The van der Waals surface area contributed by atoms with Crippen molar-refractivity contribution >= 4 is 23.7 Å². The minimum Gasteiger partial charge on any atom is -0.461 e. The molecule has 0 N–H and O–H groups in total. The lowest BCUT2D eigenvalue weighted by molar-refractivity contribution is -0.402. The molecule has 0 aliphatic heterocycles. The molecule has 0 spiro atoms. The molecule has 1 aromatic carbocycles. The average Bonchev–Trinajstić information content (AvgIpc) is 3.43. The summed E-state index contributed by atoms with van der Waals surface area (Å²) in [4.78, 5) is 10.1. The Labute approximate surface area is 157 Å². The van der Waals surface area contributed by atoms with Crippen molar-refractivity contribution in [1.29, 1.82) is 0 Å². The van der Waals surface area contributed by atoms with Crippen LogP contribution in [0.1, 0.15) is 5.76 Å². The summed E-state index contributed by atoms with van der Waals surface area (Å²) < 4.78 is 12.4. The van der Waals surface area contributed by atoms with Crippen LogP contribution in [-0.4, -0.2) is 19.7 Å². The molecule has 8 nitrogen and oxygen atoms in total. The molecule has 4 aromatic rings. The minimum absolute atomic E-state index is 0.299. The first kappa shape index (κ1) is 16.9. The van der Waals surface area contributed by atoms with Crippen molar-refractivity contribution in [3.63, 3.8) is 0 Å². The first-order valence-corrected chi connectivity index (χ1v) is 8.72. The van der Waals surface area contributed by atoms with Crippen molar-refractivity contribution in [3.8, 4) is 17.3 Å². The Morgan fingerprint density at radius 1 is 1.07 bits per heavy atom. The summed E-state index contributed by atoms with van der Waals surface area (Å²) in [6, 6.07) is 16.1. The van der Waals surface area contributed by atoms with E-state index in [1.54, 1.807) is 23.8 Å². The number of furan rings is 2. The van der Waals surface area contributed by atoms with Crippen molar-refractivity contribution < 1.29 is 13.8 Å². The van der Waals surface area contributed by atoms with Crippen molar-refractivity contribution in [3.05, 3.63) is 82.1 Å². The van der Waals surface area contributed by atoms with Gasteiger partial charge in [0.15, 0.2) is 10.9 Å². The Hall–Kier alpha value is -3.59. The normalized spacial score (nSPS) is 11.3. The largest absolute Gasteiger partial charge is 0.461 e. The van der Waals surface area contributed by atoms with Gasteiger partial charge in [-0.1, -0.05) is 30.0 Å². The number of aromatic nitrogens is 3. The minimum atomic E-state index is -0.577. The fourth-order valence-corrected chi connectivity index (χ4v) is 3.12. The summed E-state index contributed by atoms with van der Waals surface area (Å²) in [7, 11) is 0. The van der Waals surface area contributed by atoms with Gasteiger partial charge in [-0.3, -0.25) is 14.7 Å². The maximum Gasteiger partial charge on any atom is 0.433 e. The van der Waals surface area contributed by atoms with Gasteiger partial charge in [0.25, 0.3) is 0 Å². The van der Waals surface area contributed by atoms with E-state index in [4.69, 9.17) is 8.83 Å². The van der Waals surface area contributed by atoms with Crippen molar-refractivity contribution in [1.82, 2.24) is 14.8 Å². The third kappa shape index (κ3) is 3.53. The highest BCUT2D eigenvalue weighted by Gasteiger charge is 2.17. The Morgan fingerprint density at radius 2 is 1.93 bits per heavy atom. The van der Waals surface area contributed by atoms with Gasteiger partial charge in [-0.05, 0) is 41.8 Å². The quantitative estimate of drug-likeness (QED) is 0.269. The number of rotatable bonds is 6. The highest BCUT2D eigenvalue weighted by Crippen LogP contribution is 2.29. The molecule has 0 radical (unpaired) electrons. The van der Waals surface area contributed by atoms with E-state index in [1.807, 2.05) is 41.0 Å². The smallest absolute Gasteiger partial charge is 0.433 e. The van der Waals surface area contributed by atoms with Crippen LogP contribution in [0.5, 0.6) is 0 Å². The molecule has 0 saturated carbocycles. The van der Waals surface area contributed by atoms with Crippen LogP contribution < -0.4 is 0 Å². The molecular weight excluding hydrogens is 368 g/mol. The third-order valence-corrected chi connectivity index (χ3v) is 4.33. The van der Waals surface area contributed by atoms with Gasteiger partial charge in [-0.15, -0.1) is 10.2 Å². The van der Waals surface area contributed by atoms with Crippen LogP contribution in [0.2, 0.25) is 0 Å². The van der Waals surface area contributed by atoms with Gasteiger partial charge >= 0.3 is 5.88 Å². The molecule has 0 unspecified atom stereocenters. The van der Waals surface area contributed by atoms with Crippen LogP contribution in [-0.2, 0) is 0 Å². The van der Waals surface area contributed by atoms with Gasteiger partial charge in [-0.2, -0.15) is 0 Å². The predicted octanol–water partition coefficient (Wildman–Crippen LogP) is 4.79. The van der Waals surface area contributed by atoms with Gasteiger partial charge in [-0.25, -0.2) is 0 Å². The van der Waals surface area contributed by atoms with Crippen LogP contribution in [0.3, 0.4) is 0 Å². The number of hydrogen-bond acceptors (Lipinski definition) is 7. The molecular formula is C18H12N4O4S. The Kier molecular flexibility index (Phi) is 4.58. The monoisotopic (exact) mass is 380 g/mol. The number of nitro groups is 1. The summed E-state index contributed by atoms with van der Waals surface area (Å²) in [6.07, 6.45) is 3.21. The fraction of sp³-hybridized carbons (Fsp3) is 0. The number of para-hydroxylation sites is 1. The molecule has 3 heterocycles. The van der Waals surface area contributed by atoms with E-state index in [9.17, 15) is 10.1 Å². The van der Waals surface area contributed by atoms with Gasteiger partial charge in [0.05, 0.1) is 12.3 Å². The fourth-order valence-electron chi connectivity index (χ4n) is 2.41. The third-order valence-electron chi connectivity index (χ3n) is 3.59. The van der Waals surface area contributed by atoms with E-state index in [1.165, 1.54) is 23.9 Å². The zero-order valence-electron chi connectivity index (χ0n) is 13.8. The summed E-state index contributed by atoms with van der Waals surface area (Å²) in [5.41, 5.74) is 0.887. The van der Waals surface area contributed by atoms with E-state index in [0.717, 1.165) is 5.69 Å².